The zero-order chi connectivity index (χ0) is 18.7. The number of thioether (sulfide) groups is 1. The van der Waals surface area contributed by atoms with Gasteiger partial charge in [-0.25, -0.2) is 0 Å². The van der Waals surface area contributed by atoms with Crippen molar-refractivity contribution < 1.29 is 14.3 Å². The summed E-state index contributed by atoms with van der Waals surface area (Å²) >= 11 is 7.03. The van der Waals surface area contributed by atoms with Crippen LogP contribution in [0.1, 0.15) is 6.42 Å². The van der Waals surface area contributed by atoms with E-state index in [9.17, 15) is 9.59 Å². The van der Waals surface area contributed by atoms with Gasteiger partial charge in [0.1, 0.15) is 11.0 Å². The minimum Gasteiger partial charge on any atom is -0.495 e. The van der Waals surface area contributed by atoms with Crippen LogP contribution in [-0.4, -0.2) is 29.3 Å². The Morgan fingerprint density at radius 3 is 2.73 bits per heavy atom. The number of benzene rings is 2. The van der Waals surface area contributed by atoms with Gasteiger partial charge in [-0.15, -0.1) is 0 Å². The van der Waals surface area contributed by atoms with Crippen LogP contribution < -0.4 is 15.0 Å². The quantitative estimate of drug-likeness (QED) is 0.815. The van der Waals surface area contributed by atoms with E-state index in [1.165, 1.54) is 12.0 Å². The van der Waals surface area contributed by atoms with Gasteiger partial charge in [0.15, 0.2) is 5.17 Å². The number of halogens is 1. The van der Waals surface area contributed by atoms with Crippen LogP contribution in [0.5, 0.6) is 5.75 Å². The molecular formula is C18H16ClN3O3S. The van der Waals surface area contributed by atoms with Crippen LogP contribution in [0.3, 0.4) is 0 Å². The van der Waals surface area contributed by atoms with Gasteiger partial charge in [0.2, 0.25) is 11.8 Å². The number of amidine groups is 1. The fraction of sp³-hybridized carbons (Fsp3) is 0.167. The minimum atomic E-state index is -0.645. The number of rotatable bonds is 5. The van der Waals surface area contributed by atoms with Gasteiger partial charge in [0, 0.05) is 11.4 Å². The van der Waals surface area contributed by atoms with Gasteiger partial charge in [-0.2, -0.15) is 0 Å². The van der Waals surface area contributed by atoms with E-state index < -0.39 is 5.25 Å². The molecule has 6 nitrogen and oxygen atoms in total. The highest BCUT2D eigenvalue weighted by Gasteiger charge is 2.39. The normalized spacial score (nSPS) is 16.7. The van der Waals surface area contributed by atoms with Crippen LogP contribution in [0.15, 0.2) is 48.5 Å². The molecule has 1 aliphatic rings. The van der Waals surface area contributed by atoms with Crippen LogP contribution in [-0.2, 0) is 9.59 Å². The van der Waals surface area contributed by atoms with Gasteiger partial charge >= 0.3 is 0 Å². The van der Waals surface area contributed by atoms with E-state index in [1.807, 2.05) is 6.07 Å². The van der Waals surface area contributed by atoms with Crippen molar-refractivity contribution in [3.05, 3.63) is 53.6 Å². The molecule has 2 aromatic rings. The maximum absolute atomic E-state index is 12.6. The SMILES string of the molecule is COc1ccc(Cl)cc1NC(=O)CC1SC(=N)N(c2ccccc2)C1=O. The molecule has 1 unspecified atom stereocenters. The molecular weight excluding hydrogens is 374 g/mol. The van der Waals surface area contributed by atoms with Crippen molar-refractivity contribution in [2.24, 2.45) is 0 Å². The van der Waals surface area contributed by atoms with Gasteiger partial charge in [-0.05, 0) is 30.3 Å². The average molecular weight is 390 g/mol. The minimum absolute atomic E-state index is 0.0507. The molecule has 1 heterocycles. The second-order valence-electron chi connectivity index (χ2n) is 5.52. The average Bonchev–Trinajstić information content (AvgIpc) is 2.89. The zero-order valence-corrected chi connectivity index (χ0v) is 15.4. The third-order valence-electron chi connectivity index (χ3n) is 3.77. The molecule has 1 saturated heterocycles. The monoisotopic (exact) mass is 389 g/mol. The van der Waals surface area contributed by atoms with E-state index in [-0.39, 0.29) is 23.4 Å². The molecule has 0 bridgehead atoms. The molecule has 0 aromatic heterocycles. The highest BCUT2D eigenvalue weighted by atomic mass is 35.5. The standard InChI is InChI=1S/C18H16ClN3O3S/c1-25-14-8-7-11(19)9-13(14)21-16(23)10-15-17(24)22(18(20)26-15)12-5-3-2-4-6-12/h2-9,15,20H,10H2,1H3,(H,21,23). The number of hydrogen-bond donors (Lipinski definition) is 2. The number of ether oxygens (including phenoxy) is 1. The third kappa shape index (κ3) is 3.84. The number of nitrogens with zero attached hydrogens (tertiary/aromatic N) is 1. The van der Waals surface area contributed by atoms with Gasteiger partial charge < -0.3 is 10.1 Å². The molecule has 8 heteroatoms. The number of nitrogens with one attached hydrogen (secondary N) is 2. The zero-order valence-electron chi connectivity index (χ0n) is 13.9. The second kappa shape index (κ2) is 7.80. The molecule has 0 aliphatic carbocycles. The molecule has 0 radical (unpaired) electrons. The molecule has 26 heavy (non-hydrogen) atoms. The van der Waals surface area contributed by atoms with E-state index >= 15 is 0 Å². The molecule has 1 fully saturated rings. The highest BCUT2D eigenvalue weighted by Crippen LogP contribution is 2.33. The summed E-state index contributed by atoms with van der Waals surface area (Å²) in [5, 5.41) is 10.7. The molecule has 1 atom stereocenters. The molecule has 2 amide bonds. The number of hydrogen-bond acceptors (Lipinski definition) is 5. The Balaban J connectivity index is 1.70. The van der Waals surface area contributed by atoms with Gasteiger partial charge in [0.05, 0.1) is 18.5 Å². The fourth-order valence-electron chi connectivity index (χ4n) is 2.58. The van der Waals surface area contributed by atoms with E-state index in [2.05, 4.69) is 5.32 Å². The number of methoxy groups -OCH3 is 1. The lowest BCUT2D eigenvalue weighted by molar-refractivity contribution is -0.121. The van der Waals surface area contributed by atoms with Crippen molar-refractivity contribution >= 4 is 51.7 Å². The Morgan fingerprint density at radius 2 is 2.04 bits per heavy atom. The van der Waals surface area contributed by atoms with Crippen LogP contribution in [0.4, 0.5) is 11.4 Å². The summed E-state index contributed by atoms with van der Waals surface area (Å²) in [6.07, 6.45) is -0.0507. The third-order valence-corrected chi connectivity index (χ3v) is 5.07. The predicted octanol–water partition coefficient (Wildman–Crippen LogP) is 3.76. The molecule has 1 aliphatic heterocycles. The van der Waals surface area contributed by atoms with Crippen LogP contribution in [0.25, 0.3) is 0 Å². The Hall–Kier alpha value is -2.51. The Kier molecular flexibility index (Phi) is 5.49. The first kappa shape index (κ1) is 18.3. The van der Waals surface area contributed by atoms with Crippen LogP contribution in [0, 0.1) is 5.41 Å². The first-order valence-electron chi connectivity index (χ1n) is 7.77. The molecule has 0 spiro atoms. The first-order chi connectivity index (χ1) is 12.5. The van der Waals surface area contributed by atoms with E-state index in [1.54, 1.807) is 42.5 Å². The van der Waals surface area contributed by atoms with E-state index in [4.69, 9.17) is 21.7 Å². The lowest BCUT2D eigenvalue weighted by Gasteiger charge is -2.15. The topological polar surface area (TPSA) is 82.5 Å². The second-order valence-corrected chi connectivity index (χ2v) is 7.15. The fourth-order valence-corrected chi connectivity index (χ4v) is 3.76. The molecule has 3 rings (SSSR count). The maximum Gasteiger partial charge on any atom is 0.247 e. The van der Waals surface area contributed by atoms with Crippen molar-refractivity contribution in [2.75, 3.05) is 17.3 Å². The molecule has 2 N–H and O–H groups in total. The number of carbonyl (C=O) groups is 2. The smallest absolute Gasteiger partial charge is 0.247 e. The Bertz CT molecular complexity index is 860. The summed E-state index contributed by atoms with van der Waals surface area (Å²) in [5.41, 5.74) is 1.06. The highest BCUT2D eigenvalue weighted by molar-refractivity contribution is 8.16. The van der Waals surface area contributed by atoms with Gasteiger partial charge in [-0.1, -0.05) is 41.6 Å². The number of amides is 2. The first-order valence-corrected chi connectivity index (χ1v) is 9.03. The van der Waals surface area contributed by atoms with Crippen molar-refractivity contribution in [1.29, 1.82) is 5.41 Å². The summed E-state index contributed by atoms with van der Waals surface area (Å²) in [5.74, 6) is -0.148. The van der Waals surface area contributed by atoms with Crippen molar-refractivity contribution in [2.45, 2.75) is 11.7 Å². The summed E-state index contributed by atoms with van der Waals surface area (Å²) in [4.78, 5) is 26.3. The summed E-state index contributed by atoms with van der Waals surface area (Å²) in [6, 6.07) is 13.8. The Morgan fingerprint density at radius 1 is 1.31 bits per heavy atom. The molecule has 0 saturated carbocycles. The lowest BCUT2D eigenvalue weighted by atomic mass is 10.2. The summed E-state index contributed by atoms with van der Waals surface area (Å²) < 4.78 is 5.20. The van der Waals surface area contributed by atoms with Crippen molar-refractivity contribution in [3.63, 3.8) is 0 Å². The van der Waals surface area contributed by atoms with Gasteiger partial charge in [-0.3, -0.25) is 19.9 Å². The van der Waals surface area contributed by atoms with Gasteiger partial charge in [0.25, 0.3) is 0 Å². The van der Waals surface area contributed by atoms with Crippen LogP contribution >= 0.6 is 23.4 Å². The molecule has 134 valence electrons. The number of carbonyl (C=O) groups excluding carboxylic acids is 2. The summed E-state index contributed by atoms with van der Waals surface area (Å²) in [6.45, 7) is 0. The van der Waals surface area contributed by atoms with E-state index in [0.29, 0.717) is 22.1 Å². The van der Waals surface area contributed by atoms with Crippen molar-refractivity contribution in [1.82, 2.24) is 0 Å². The largest absolute Gasteiger partial charge is 0.495 e. The number of anilines is 2. The van der Waals surface area contributed by atoms with E-state index in [0.717, 1.165) is 11.8 Å². The number of para-hydroxylation sites is 1. The molecule has 2 aromatic carbocycles. The predicted molar refractivity (Wildman–Crippen MR) is 104 cm³/mol. The van der Waals surface area contributed by atoms with Crippen molar-refractivity contribution in [3.8, 4) is 5.75 Å². The lowest BCUT2D eigenvalue weighted by Crippen LogP contribution is -2.33. The summed E-state index contributed by atoms with van der Waals surface area (Å²) in [7, 11) is 1.49. The van der Waals surface area contributed by atoms with Crippen LogP contribution in [0.2, 0.25) is 5.02 Å². The Labute approximate surface area is 160 Å². The maximum atomic E-state index is 12.6.